The number of hydrogen-bond donors (Lipinski definition) is 2. The first-order valence-electron chi connectivity index (χ1n) is 7.56. The van der Waals surface area contributed by atoms with E-state index >= 15 is 0 Å². The van der Waals surface area contributed by atoms with Crippen LogP contribution in [0.1, 0.15) is 49.3 Å². The van der Waals surface area contributed by atoms with Crippen LogP contribution in [0.25, 0.3) is 0 Å². The number of aryl methyl sites for hydroxylation is 1. The molecule has 3 heteroatoms. The second kappa shape index (κ2) is 5.70. The molecule has 0 saturated carbocycles. The van der Waals surface area contributed by atoms with Crippen molar-refractivity contribution in [2.75, 3.05) is 5.73 Å². The van der Waals surface area contributed by atoms with E-state index < -0.39 is 0 Å². The molecule has 0 heterocycles. The monoisotopic (exact) mass is 270 g/mol. The highest BCUT2D eigenvalue weighted by atomic mass is 16.1. The molecule has 3 N–H and O–H groups in total. The summed E-state index contributed by atoms with van der Waals surface area (Å²) >= 11 is 0. The molecule has 106 valence electrons. The zero-order chi connectivity index (χ0) is 13.9. The van der Waals surface area contributed by atoms with Gasteiger partial charge in [-0.3, -0.25) is 4.79 Å². The number of nitrogens with one attached hydrogen (secondary N) is 1. The molecule has 0 spiro atoms. The Bertz CT molecular complexity index is 536. The summed E-state index contributed by atoms with van der Waals surface area (Å²) in [7, 11) is 0. The molecular formula is C17H22N2O. The Kier molecular flexibility index (Phi) is 3.77. The second-order valence-electron chi connectivity index (χ2n) is 5.94. The first-order chi connectivity index (χ1) is 9.72. The van der Waals surface area contributed by atoms with E-state index in [2.05, 4.69) is 23.5 Å². The van der Waals surface area contributed by atoms with Crippen LogP contribution in [0.3, 0.4) is 0 Å². The predicted octanol–water partition coefficient (Wildman–Crippen LogP) is 3.12. The molecule has 2 unspecified atom stereocenters. The summed E-state index contributed by atoms with van der Waals surface area (Å²) in [6.07, 6.45) is 10.4. The lowest BCUT2D eigenvalue weighted by Gasteiger charge is -2.27. The van der Waals surface area contributed by atoms with Crippen LogP contribution in [-0.4, -0.2) is 5.91 Å². The fourth-order valence-corrected chi connectivity index (χ4v) is 3.34. The van der Waals surface area contributed by atoms with E-state index in [1.165, 1.54) is 11.1 Å². The molecule has 2 atom stereocenters. The van der Waals surface area contributed by atoms with E-state index in [9.17, 15) is 4.79 Å². The number of rotatable bonds is 3. The maximum absolute atomic E-state index is 12.2. The predicted molar refractivity (Wildman–Crippen MR) is 81.2 cm³/mol. The number of fused-ring (bicyclic) bond motifs is 1. The molecule has 0 aromatic heterocycles. The van der Waals surface area contributed by atoms with Gasteiger partial charge in [0.25, 0.3) is 0 Å². The maximum Gasteiger partial charge on any atom is 0.221 e. The number of hydrogen-bond acceptors (Lipinski definition) is 2. The van der Waals surface area contributed by atoms with Crippen LogP contribution in [0.15, 0.2) is 30.4 Å². The molecule has 0 fully saturated rings. The van der Waals surface area contributed by atoms with Gasteiger partial charge in [-0.2, -0.15) is 0 Å². The van der Waals surface area contributed by atoms with Crippen LogP contribution in [-0.2, 0) is 11.2 Å². The van der Waals surface area contributed by atoms with Gasteiger partial charge in [0, 0.05) is 12.1 Å². The average Bonchev–Trinajstić information content (AvgIpc) is 2.91. The lowest BCUT2D eigenvalue weighted by molar-refractivity contribution is -0.122. The van der Waals surface area contributed by atoms with Crippen molar-refractivity contribution >= 4 is 11.6 Å². The van der Waals surface area contributed by atoms with E-state index in [1.807, 2.05) is 12.1 Å². The first-order valence-corrected chi connectivity index (χ1v) is 7.56. The zero-order valence-electron chi connectivity index (χ0n) is 11.8. The average molecular weight is 270 g/mol. The Morgan fingerprint density at radius 3 is 3.05 bits per heavy atom. The van der Waals surface area contributed by atoms with Crippen LogP contribution >= 0.6 is 0 Å². The third-order valence-electron chi connectivity index (χ3n) is 4.38. The number of anilines is 1. The molecular weight excluding hydrogens is 248 g/mol. The summed E-state index contributed by atoms with van der Waals surface area (Å²) in [6.45, 7) is 0. The van der Waals surface area contributed by atoms with Gasteiger partial charge >= 0.3 is 0 Å². The summed E-state index contributed by atoms with van der Waals surface area (Å²) in [5.41, 5.74) is 9.20. The minimum atomic E-state index is 0.164. The summed E-state index contributed by atoms with van der Waals surface area (Å²) in [6, 6.07) is 6.22. The molecule has 2 aliphatic carbocycles. The number of carbonyl (C=O) groups excluding carboxylic acids is 1. The highest BCUT2D eigenvalue weighted by Gasteiger charge is 2.23. The highest BCUT2D eigenvalue weighted by molar-refractivity contribution is 5.77. The van der Waals surface area contributed by atoms with E-state index in [0.29, 0.717) is 12.3 Å². The van der Waals surface area contributed by atoms with E-state index in [-0.39, 0.29) is 11.9 Å². The number of benzene rings is 1. The Morgan fingerprint density at radius 1 is 1.35 bits per heavy atom. The van der Waals surface area contributed by atoms with Gasteiger partial charge in [0.05, 0.1) is 6.04 Å². The van der Waals surface area contributed by atoms with Crippen molar-refractivity contribution in [2.24, 2.45) is 5.92 Å². The largest absolute Gasteiger partial charge is 0.399 e. The Labute approximate surface area is 120 Å². The lowest BCUT2D eigenvalue weighted by atomic mass is 9.87. The minimum Gasteiger partial charge on any atom is -0.399 e. The van der Waals surface area contributed by atoms with E-state index in [4.69, 9.17) is 5.73 Å². The van der Waals surface area contributed by atoms with Crippen molar-refractivity contribution < 1.29 is 4.79 Å². The molecule has 0 bridgehead atoms. The van der Waals surface area contributed by atoms with Crippen molar-refractivity contribution in [3.63, 3.8) is 0 Å². The molecule has 3 nitrogen and oxygen atoms in total. The lowest BCUT2D eigenvalue weighted by Crippen LogP contribution is -2.31. The molecule has 0 saturated heterocycles. The van der Waals surface area contributed by atoms with Gasteiger partial charge in [0.1, 0.15) is 0 Å². The number of amides is 1. The van der Waals surface area contributed by atoms with Crippen LogP contribution in [0.2, 0.25) is 0 Å². The minimum absolute atomic E-state index is 0.164. The second-order valence-corrected chi connectivity index (χ2v) is 5.94. The molecule has 0 radical (unpaired) electrons. The molecule has 20 heavy (non-hydrogen) atoms. The first kappa shape index (κ1) is 13.2. The Hall–Kier alpha value is -1.77. The standard InChI is InChI=1S/C17H22N2O/c18-14-8-9-15-13(11-14)6-3-7-16(15)19-17(20)10-12-4-1-2-5-12/h1,4,8-9,11-12,16H,2-3,5-7,10,18H2,(H,19,20). The highest BCUT2D eigenvalue weighted by Crippen LogP contribution is 2.31. The van der Waals surface area contributed by atoms with Gasteiger partial charge in [-0.15, -0.1) is 0 Å². The smallest absolute Gasteiger partial charge is 0.221 e. The van der Waals surface area contributed by atoms with Crippen molar-refractivity contribution in [2.45, 2.75) is 44.6 Å². The zero-order valence-corrected chi connectivity index (χ0v) is 11.8. The van der Waals surface area contributed by atoms with Crippen LogP contribution in [0, 0.1) is 5.92 Å². The SMILES string of the molecule is Nc1ccc2c(c1)CCCC2NC(=O)CC1C=CCC1. The van der Waals surface area contributed by atoms with Crippen molar-refractivity contribution in [3.8, 4) is 0 Å². The topological polar surface area (TPSA) is 55.1 Å². The summed E-state index contributed by atoms with van der Waals surface area (Å²) in [5.74, 6) is 0.612. The normalized spacial score (nSPS) is 24.4. The fourth-order valence-electron chi connectivity index (χ4n) is 3.34. The molecule has 1 aromatic rings. The fraction of sp³-hybridized carbons (Fsp3) is 0.471. The number of nitrogen functional groups attached to an aromatic ring is 1. The Balaban J connectivity index is 1.66. The maximum atomic E-state index is 12.2. The molecule has 0 aliphatic heterocycles. The van der Waals surface area contributed by atoms with Crippen molar-refractivity contribution in [1.29, 1.82) is 0 Å². The van der Waals surface area contributed by atoms with Crippen LogP contribution in [0.5, 0.6) is 0 Å². The van der Waals surface area contributed by atoms with E-state index in [1.54, 1.807) is 0 Å². The molecule has 1 aromatic carbocycles. The number of carbonyl (C=O) groups is 1. The van der Waals surface area contributed by atoms with Crippen molar-refractivity contribution in [1.82, 2.24) is 5.32 Å². The molecule has 3 rings (SSSR count). The van der Waals surface area contributed by atoms with Crippen molar-refractivity contribution in [3.05, 3.63) is 41.5 Å². The van der Waals surface area contributed by atoms with Gasteiger partial charge in [0.15, 0.2) is 0 Å². The van der Waals surface area contributed by atoms with Crippen LogP contribution < -0.4 is 11.1 Å². The third-order valence-corrected chi connectivity index (χ3v) is 4.38. The summed E-state index contributed by atoms with van der Waals surface area (Å²) in [4.78, 5) is 12.2. The number of allylic oxidation sites excluding steroid dienone is 2. The molecule has 1 amide bonds. The third kappa shape index (κ3) is 2.87. The van der Waals surface area contributed by atoms with Gasteiger partial charge in [-0.1, -0.05) is 18.2 Å². The Morgan fingerprint density at radius 2 is 2.25 bits per heavy atom. The van der Waals surface area contributed by atoms with Crippen LogP contribution in [0.4, 0.5) is 5.69 Å². The van der Waals surface area contributed by atoms with Gasteiger partial charge in [0.2, 0.25) is 5.91 Å². The summed E-state index contributed by atoms with van der Waals surface area (Å²) < 4.78 is 0. The van der Waals surface area contributed by atoms with Gasteiger partial charge in [-0.25, -0.2) is 0 Å². The summed E-state index contributed by atoms with van der Waals surface area (Å²) in [5, 5.41) is 3.21. The van der Waals surface area contributed by atoms with Gasteiger partial charge in [-0.05, 0) is 61.3 Å². The quantitative estimate of drug-likeness (QED) is 0.655. The number of nitrogens with two attached hydrogens (primary N) is 1. The van der Waals surface area contributed by atoms with E-state index in [0.717, 1.165) is 37.8 Å². The molecule has 2 aliphatic rings. The van der Waals surface area contributed by atoms with Gasteiger partial charge < -0.3 is 11.1 Å².